The van der Waals surface area contributed by atoms with Crippen LogP contribution in [0.1, 0.15) is 5.56 Å². The fourth-order valence-electron chi connectivity index (χ4n) is 3.55. The van der Waals surface area contributed by atoms with Crippen LogP contribution in [0.4, 0.5) is 15.9 Å². The first-order valence-corrected chi connectivity index (χ1v) is 9.04. The highest BCUT2D eigenvalue weighted by Crippen LogP contribution is 2.42. The van der Waals surface area contributed by atoms with Crippen LogP contribution < -0.4 is 15.9 Å². The van der Waals surface area contributed by atoms with Gasteiger partial charge in [-0.3, -0.25) is 0 Å². The average Bonchev–Trinajstić information content (AvgIpc) is 2.70. The number of piperazine rings is 1. The molecule has 1 N–H and O–H groups in total. The second-order valence-corrected chi connectivity index (χ2v) is 7.68. The third-order valence-corrected chi connectivity index (χ3v) is 6.19. The number of nitrogens with one attached hydrogen (secondary N) is 1. The summed E-state index contributed by atoms with van der Waals surface area (Å²) >= 11 is 8.27. The smallest absolute Gasteiger partial charge is 0.359 e. The van der Waals surface area contributed by atoms with Gasteiger partial charge in [0.05, 0.1) is 50.5 Å². The van der Waals surface area contributed by atoms with Gasteiger partial charge in [0.1, 0.15) is 5.82 Å². The maximum absolute atomic E-state index is 14.9. The molecule has 0 spiro atoms. The van der Waals surface area contributed by atoms with Crippen LogP contribution in [0, 0.1) is 12.7 Å². The van der Waals surface area contributed by atoms with E-state index in [2.05, 4.69) is 27.1 Å². The van der Waals surface area contributed by atoms with Crippen molar-refractivity contribution in [3.05, 3.63) is 26.9 Å². The van der Waals surface area contributed by atoms with E-state index in [4.69, 9.17) is 11.6 Å². The average molecular weight is 464 g/mol. The Morgan fingerprint density at radius 2 is 2.17 bits per heavy atom. The summed E-state index contributed by atoms with van der Waals surface area (Å²) in [6.07, 6.45) is 0. The van der Waals surface area contributed by atoms with Gasteiger partial charge in [0.25, 0.3) is 0 Å². The number of halogens is 3. The molecule has 1 aromatic carbocycles. The van der Waals surface area contributed by atoms with Crippen molar-refractivity contribution in [1.29, 1.82) is 0 Å². The van der Waals surface area contributed by atoms with Gasteiger partial charge in [-0.25, -0.2) is 12.0 Å². The Balaban J connectivity index is 2.11. The standard InChI is InChI=1S/C15H16ClFIN5O/c1-7-10(16)13-9-12(11(7)17)19-5-8-6-21(2)3-4-22(8)14(9)20-15(24)23(13)18/h8,19H,3-6H2,1-2H3. The Kier molecular flexibility index (Phi) is 3.88. The molecule has 0 saturated carbocycles. The summed E-state index contributed by atoms with van der Waals surface area (Å²) in [6.45, 7) is 4.64. The molecule has 4 rings (SSSR count). The second kappa shape index (κ2) is 5.70. The van der Waals surface area contributed by atoms with Gasteiger partial charge in [-0.1, -0.05) is 11.6 Å². The summed E-state index contributed by atoms with van der Waals surface area (Å²) in [4.78, 5) is 21.0. The number of likely N-dealkylation sites (N-methyl/N-ethyl adjacent to an activating group) is 1. The zero-order chi connectivity index (χ0) is 17.2. The summed E-state index contributed by atoms with van der Waals surface area (Å²) in [6, 6.07) is 0.120. The van der Waals surface area contributed by atoms with Crippen molar-refractivity contribution in [2.45, 2.75) is 13.0 Å². The van der Waals surface area contributed by atoms with Gasteiger partial charge in [0.15, 0.2) is 5.82 Å². The fraction of sp³-hybridized carbons (Fsp3) is 0.467. The van der Waals surface area contributed by atoms with Gasteiger partial charge in [0, 0.05) is 31.7 Å². The zero-order valence-electron chi connectivity index (χ0n) is 13.2. The van der Waals surface area contributed by atoms with Crippen molar-refractivity contribution in [1.82, 2.24) is 12.7 Å². The molecule has 2 aromatic rings. The molecule has 0 radical (unpaired) electrons. The number of hydrogen-bond donors (Lipinski definition) is 1. The Morgan fingerprint density at radius 3 is 2.92 bits per heavy atom. The zero-order valence-corrected chi connectivity index (χ0v) is 16.2. The number of rotatable bonds is 0. The van der Waals surface area contributed by atoms with Crippen LogP contribution in [0.3, 0.4) is 0 Å². The van der Waals surface area contributed by atoms with Crippen LogP contribution in [-0.2, 0) is 0 Å². The predicted molar refractivity (Wildman–Crippen MR) is 102 cm³/mol. The molecule has 24 heavy (non-hydrogen) atoms. The van der Waals surface area contributed by atoms with Crippen molar-refractivity contribution in [2.24, 2.45) is 0 Å². The molecule has 0 bridgehead atoms. The first-order chi connectivity index (χ1) is 11.4. The van der Waals surface area contributed by atoms with E-state index < -0.39 is 5.69 Å². The normalized spacial score (nSPS) is 20.7. The van der Waals surface area contributed by atoms with E-state index in [1.54, 1.807) is 6.92 Å². The Morgan fingerprint density at radius 1 is 1.42 bits per heavy atom. The SMILES string of the molecule is Cc1c(F)c2c3c(nc(=O)n(I)c3c1Cl)N1CCN(C)CC1CN2. The molecule has 128 valence electrons. The minimum atomic E-state index is -0.392. The first-order valence-electron chi connectivity index (χ1n) is 7.69. The highest BCUT2D eigenvalue weighted by Gasteiger charge is 2.34. The quantitative estimate of drug-likeness (QED) is 0.608. The van der Waals surface area contributed by atoms with E-state index in [9.17, 15) is 9.18 Å². The number of hydrogen-bond acceptors (Lipinski definition) is 5. The molecule has 0 aliphatic carbocycles. The first kappa shape index (κ1) is 16.3. The van der Waals surface area contributed by atoms with Crippen molar-refractivity contribution < 1.29 is 4.39 Å². The molecule has 1 atom stereocenters. The van der Waals surface area contributed by atoms with Gasteiger partial charge in [-0.15, -0.1) is 0 Å². The van der Waals surface area contributed by atoms with Crippen LogP contribution >= 0.6 is 34.5 Å². The minimum absolute atomic E-state index is 0.120. The van der Waals surface area contributed by atoms with Gasteiger partial charge < -0.3 is 15.1 Å². The van der Waals surface area contributed by atoms with Gasteiger partial charge in [-0.05, 0) is 14.0 Å². The van der Waals surface area contributed by atoms with Gasteiger partial charge in [-0.2, -0.15) is 4.98 Å². The van der Waals surface area contributed by atoms with E-state index >= 15 is 0 Å². The molecule has 3 heterocycles. The molecular weight excluding hydrogens is 448 g/mol. The molecule has 0 amide bonds. The maximum Gasteiger partial charge on any atom is 0.359 e. The topological polar surface area (TPSA) is 53.4 Å². The summed E-state index contributed by atoms with van der Waals surface area (Å²) in [5, 5.41) is 4.08. The summed E-state index contributed by atoms with van der Waals surface area (Å²) in [5.74, 6) is 0.153. The lowest BCUT2D eigenvalue weighted by molar-refractivity contribution is 0.272. The third kappa shape index (κ3) is 2.22. The molecule has 9 heteroatoms. The van der Waals surface area contributed by atoms with Crippen LogP contribution in [0.2, 0.25) is 5.02 Å². The number of benzene rings is 1. The van der Waals surface area contributed by atoms with Crippen molar-refractivity contribution in [3.8, 4) is 0 Å². The van der Waals surface area contributed by atoms with E-state index in [1.165, 1.54) is 2.78 Å². The highest BCUT2D eigenvalue weighted by atomic mass is 127. The molecule has 2 aliphatic rings. The van der Waals surface area contributed by atoms with Crippen LogP contribution in [0.15, 0.2) is 4.79 Å². The van der Waals surface area contributed by atoms with Crippen molar-refractivity contribution in [2.75, 3.05) is 43.4 Å². The Hall–Kier alpha value is -1.13. The summed E-state index contributed by atoms with van der Waals surface area (Å²) in [5.41, 5.74) is 0.854. The molecule has 6 nitrogen and oxygen atoms in total. The highest BCUT2D eigenvalue weighted by molar-refractivity contribution is 14.1. The lowest BCUT2D eigenvalue weighted by atomic mass is 10.1. The Bertz CT molecular complexity index is 917. The Labute approximate surface area is 157 Å². The molecule has 1 aromatic heterocycles. The maximum atomic E-state index is 14.9. The predicted octanol–water partition coefficient (Wildman–Crippen LogP) is 2.24. The summed E-state index contributed by atoms with van der Waals surface area (Å²) < 4.78 is 16.2. The molecule has 1 saturated heterocycles. The van der Waals surface area contributed by atoms with E-state index in [1.807, 2.05) is 22.9 Å². The lowest BCUT2D eigenvalue weighted by Gasteiger charge is -2.39. The molecule has 1 fully saturated rings. The van der Waals surface area contributed by atoms with E-state index in [-0.39, 0.29) is 16.9 Å². The van der Waals surface area contributed by atoms with Crippen molar-refractivity contribution in [3.63, 3.8) is 0 Å². The second-order valence-electron chi connectivity index (χ2n) is 6.34. The molecular formula is C15H16ClFIN5O. The number of fused-ring (bicyclic) bond motifs is 2. The fourth-order valence-corrected chi connectivity index (χ4v) is 4.54. The third-order valence-electron chi connectivity index (χ3n) is 4.83. The van der Waals surface area contributed by atoms with Gasteiger partial charge >= 0.3 is 5.69 Å². The van der Waals surface area contributed by atoms with Crippen LogP contribution in [0.5, 0.6) is 0 Å². The lowest BCUT2D eigenvalue weighted by Crippen LogP contribution is -2.54. The largest absolute Gasteiger partial charge is 0.380 e. The van der Waals surface area contributed by atoms with Crippen LogP contribution in [-0.4, -0.2) is 51.9 Å². The van der Waals surface area contributed by atoms with Gasteiger partial charge in [0.2, 0.25) is 0 Å². The van der Waals surface area contributed by atoms with E-state index in [0.29, 0.717) is 34.5 Å². The number of nitrogens with zero attached hydrogens (tertiary/aromatic N) is 4. The monoisotopic (exact) mass is 463 g/mol. The van der Waals surface area contributed by atoms with Crippen LogP contribution in [0.25, 0.3) is 10.9 Å². The molecule has 1 unspecified atom stereocenters. The number of anilines is 2. The minimum Gasteiger partial charge on any atom is -0.380 e. The summed E-state index contributed by atoms with van der Waals surface area (Å²) in [7, 11) is 2.06. The van der Waals surface area contributed by atoms with E-state index in [0.717, 1.165) is 19.6 Å². The van der Waals surface area contributed by atoms with Crippen molar-refractivity contribution >= 4 is 56.9 Å². The molecule has 2 aliphatic heterocycles. The number of aromatic nitrogens is 2.